The normalized spacial score (nSPS) is 22.2. The minimum absolute atomic E-state index is 0.172. The van der Waals surface area contributed by atoms with Gasteiger partial charge in [0.2, 0.25) is 0 Å². The molecule has 1 aromatic carbocycles. The molecule has 0 amide bonds. The van der Waals surface area contributed by atoms with Crippen LogP contribution in [-0.4, -0.2) is 44.8 Å². The summed E-state index contributed by atoms with van der Waals surface area (Å²) in [6, 6.07) is 11.1. The van der Waals surface area contributed by atoms with Crippen LogP contribution >= 0.6 is 0 Å². The largest absolute Gasteiger partial charge is 0.380 e. The average Bonchev–Trinajstić information content (AvgIpc) is 2.48. The first-order valence-electron chi connectivity index (χ1n) is 8.04. The molecule has 1 N–H and O–H groups in total. The van der Waals surface area contributed by atoms with Gasteiger partial charge in [0.05, 0.1) is 6.10 Å². The van der Waals surface area contributed by atoms with Gasteiger partial charge in [-0.05, 0) is 37.4 Å². The minimum atomic E-state index is 0.172. The molecule has 2 rings (SSSR count). The predicted molar refractivity (Wildman–Crippen MR) is 88.5 cm³/mol. The summed E-state index contributed by atoms with van der Waals surface area (Å²) in [5.74, 6) is 0. The Morgan fingerprint density at radius 1 is 1.33 bits per heavy atom. The Balaban J connectivity index is 2.05. The fourth-order valence-corrected chi connectivity index (χ4v) is 3.67. The van der Waals surface area contributed by atoms with Crippen LogP contribution in [-0.2, 0) is 4.74 Å². The van der Waals surface area contributed by atoms with Gasteiger partial charge in [0.25, 0.3) is 0 Å². The molecule has 1 fully saturated rings. The quantitative estimate of drug-likeness (QED) is 0.871. The Morgan fingerprint density at radius 3 is 2.67 bits per heavy atom. The van der Waals surface area contributed by atoms with Crippen molar-refractivity contribution < 1.29 is 4.74 Å². The molecule has 1 aliphatic rings. The number of ether oxygens (including phenoxy) is 1. The van der Waals surface area contributed by atoms with Gasteiger partial charge in [-0.15, -0.1) is 0 Å². The predicted octanol–water partition coefficient (Wildman–Crippen LogP) is 3.08. The summed E-state index contributed by atoms with van der Waals surface area (Å²) in [4.78, 5) is 2.56. The van der Waals surface area contributed by atoms with Gasteiger partial charge in [-0.2, -0.15) is 0 Å². The van der Waals surface area contributed by atoms with E-state index < -0.39 is 0 Å². The van der Waals surface area contributed by atoms with Crippen molar-refractivity contribution in [3.63, 3.8) is 0 Å². The molecule has 1 saturated heterocycles. The highest BCUT2D eigenvalue weighted by Gasteiger charge is 2.33. The van der Waals surface area contributed by atoms with E-state index in [1.165, 1.54) is 24.9 Å². The first-order valence-corrected chi connectivity index (χ1v) is 8.04. The third-order valence-electron chi connectivity index (χ3n) is 4.63. The fourth-order valence-electron chi connectivity index (χ4n) is 3.67. The highest BCUT2D eigenvalue weighted by molar-refractivity contribution is 5.21. The number of benzene rings is 1. The van der Waals surface area contributed by atoms with Crippen LogP contribution in [0.15, 0.2) is 30.3 Å². The second kappa shape index (κ2) is 7.39. The molecule has 3 nitrogen and oxygen atoms in total. The van der Waals surface area contributed by atoms with Gasteiger partial charge in [0, 0.05) is 26.2 Å². The third-order valence-corrected chi connectivity index (χ3v) is 4.63. The van der Waals surface area contributed by atoms with Crippen molar-refractivity contribution >= 4 is 0 Å². The van der Waals surface area contributed by atoms with Crippen molar-refractivity contribution in [1.82, 2.24) is 10.2 Å². The topological polar surface area (TPSA) is 24.5 Å². The molecule has 0 radical (unpaired) electrons. The standard InChI is InChI=1S/C18H30N2O/c1-18(2,14-20-12-8-11-16(13-20)21-4)17(19-3)15-9-6-5-7-10-15/h5-7,9-10,16-17,19H,8,11-14H2,1-4H3. The van der Waals surface area contributed by atoms with Crippen molar-refractivity contribution in [2.24, 2.45) is 5.41 Å². The van der Waals surface area contributed by atoms with Crippen molar-refractivity contribution in [3.05, 3.63) is 35.9 Å². The molecule has 3 heteroatoms. The molecule has 1 heterocycles. The number of nitrogens with zero attached hydrogens (tertiary/aromatic N) is 1. The van der Waals surface area contributed by atoms with Crippen LogP contribution < -0.4 is 5.32 Å². The van der Waals surface area contributed by atoms with Crippen LogP contribution in [0.2, 0.25) is 0 Å². The Labute approximate surface area is 129 Å². The lowest BCUT2D eigenvalue weighted by atomic mass is 9.79. The number of rotatable bonds is 6. The molecule has 0 aliphatic carbocycles. The molecule has 1 aromatic rings. The zero-order valence-electron chi connectivity index (χ0n) is 13.9. The Kier molecular flexibility index (Phi) is 5.80. The van der Waals surface area contributed by atoms with Gasteiger partial charge in [0.15, 0.2) is 0 Å². The summed E-state index contributed by atoms with van der Waals surface area (Å²) in [6.45, 7) is 8.06. The molecule has 2 atom stereocenters. The third kappa shape index (κ3) is 4.29. The molecule has 21 heavy (non-hydrogen) atoms. The second-order valence-corrected chi connectivity index (χ2v) is 6.86. The minimum Gasteiger partial charge on any atom is -0.380 e. The zero-order chi connectivity index (χ0) is 15.3. The van der Waals surface area contributed by atoms with Crippen LogP contribution in [0, 0.1) is 5.41 Å². The van der Waals surface area contributed by atoms with E-state index in [1.807, 2.05) is 7.11 Å². The summed E-state index contributed by atoms with van der Waals surface area (Å²) >= 11 is 0. The summed E-state index contributed by atoms with van der Waals surface area (Å²) in [7, 11) is 3.90. The maximum Gasteiger partial charge on any atom is 0.0698 e. The maximum absolute atomic E-state index is 5.55. The van der Waals surface area contributed by atoms with Gasteiger partial charge in [-0.3, -0.25) is 0 Å². The number of hydrogen-bond acceptors (Lipinski definition) is 3. The molecule has 2 unspecified atom stereocenters. The van der Waals surface area contributed by atoms with E-state index in [0.717, 1.165) is 13.1 Å². The SMILES string of the molecule is CNC(c1ccccc1)C(C)(C)CN1CCCC(OC)C1. The molecular weight excluding hydrogens is 260 g/mol. The molecular formula is C18H30N2O. The lowest BCUT2D eigenvalue weighted by Gasteiger charge is -2.41. The van der Waals surface area contributed by atoms with E-state index in [-0.39, 0.29) is 5.41 Å². The number of piperidine rings is 1. The fraction of sp³-hybridized carbons (Fsp3) is 0.667. The van der Waals surface area contributed by atoms with Gasteiger partial charge in [0.1, 0.15) is 0 Å². The van der Waals surface area contributed by atoms with Crippen molar-refractivity contribution in [2.45, 2.75) is 38.8 Å². The monoisotopic (exact) mass is 290 g/mol. The van der Waals surface area contributed by atoms with Gasteiger partial charge < -0.3 is 15.0 Å². The van der Waals surface area contributed by atoms with Crippen molar-refractivity contribution in [3.8, 4) is 0 Å². The number of hydrogen-bond donors (Lipinski definition) is 1. The summed E-state index contributed by atoms with van der Waals surface area (Å²) < 4.78 is 5.55. The van der Waals surface area contributed by atoms with E-state index in [1.54, 1.807) is 0 Å². The van der Waals surface area contributed by atoms with Crippen molar-refractivity contribution in [2.75, 3.05) is 33.8 Å². The van der Waals surface area contributed by atoms with E-state index in [2.05, 4.69) is 61.4 Å². The van der Waals surface area contributed by atoms with E-state index >= 15 is 0 Å². The summed E-state index contributed by atoms with van der Waals surface area (Å²) in [6.07, 6.45) is 2.84. The number of methoxy groups -OCH3 is 1. The van der Waals surface area contributed by atoms with Crippen LogP contribution in [0.5, 0.6) is 0 Å². The Bertz CT molecular complexity index is 418. The first kappa shape index (κ1) is 16.5. The highest BCUT2D eigenvalue weighted by Crippen LogP contribution is 2.34. The molecule has 0 saturated carbocycles. The van der Waals surface area contributed by atoms with E-state index in [0.29, 0.717) is 12.1 Å². The summed E-state index contributed by atoms with van der Waals surface area (Å²) in [5.41, 5.74) is 1.54. The Morgan fingerprint density at radius 2 is 2.05 bits per heavy atom. The number of likely N-dealkylation sites (tertiary alicyclic amines) is 1. The lowest BCUT2D eigenvalue weighted by molar-refractivity contribution is 0.0134. The highest BCUT2D eigenvalue weighted by atomic mass is 16.5. The van der Waals surface area contributed by atoms with E-state index in [9.17, 15) is 0 Å². The molecule has 0 spiro atoms. The lowest BCUT2D eigenvalue weighted by Crippen LogP contribution is -2.47. The summed E-state index contributed by atoms with van der Waals surface area (Å²) in [5, 5.41) is 3.52. The molecule has 118 valence electrons. The van der Waals surface area contributed by atoms with Crippen LogP contribution in [0.1, 0.15) is 38.3 Å². The second-order valence-electron chi connectivity index (χ2n) is 6.86. The van der Waals surface area contributed by atoms with Gasteiger partial charge >= 0.3 is 0 Å². The Hall–Kier alpha value is -0.900. The first-order chi connectivity index (χ1) is 10.1. The van der Waals surface area contributed by atoms with Crippen LogP contribution in [0.4, 0.5) is 0 Å². The molecule has 0 aromatic heterocycles. The van der Waals surface area contributed by atoms with Gasteiger partial charge in [-0.1, -0.05) is 44.2 Å². The molecule has 1 aliphatic heterocycles. The van der Waals surface area contributed by atoms with Crippen molar-refractivity contribution in [1.29, 1.82) is 0 Å². The maximum atomic E-state index is 5.55. The van der Waals surface area contributed by atoms with Crippen LogP contribution in [0.3, 0.4) is 0 Å². The zero-order valence-corrected chi connectivity index (χ0v) is 13.9. The smallest absolute Gasteiger partial charge is 0.0698 e. The molecule has 0 bridgehead atoms. The van der Waals surface area contributed by atoms with E-state index in [4.69, 9.17) is 4.74 Å². The van der Waals surface area contributed by atoms with Gasteiger partial charge in [-0.25, -0.2) is 0 Å². The number of nitrogens with one attached hydrogen (secondary N) is 1. The average molecular weight is 290 g/mol. The van der Waals surface area contributed by atoms with Crippen LogP contribution in [0.25, 0.3) is 0 Å².